The van der Waals surface area contributed by atoms with E-state index in [1.807, 2.05) is 0 Å². The van der Waals surface area contributed by atoms with Crippen LogP contribution in [0, 0.1) is 0 Å². The van der Waals surface area contributed by atoms with Gasteiger partial charge in [0.15, 0.2) is 0 Å². The van der Waals surface area contributed by atoms with E-state index < -0.39 is 11.4 Å². The first-order chi connectivity index (χ1) is 6.58. The normalized spacial score (nSPS) is 11.9. The molecule has 0 aromatic heterocycles. The summed E-state index contributed by atoms with van der Waals surface area (Å²) in [5.41, 5.74) is 0.514. The van der Waals surface area contributed by atoms with Crippen molar-refractivity contribution in [3.63, 3.8) is 0 Å². The zero-order valence-electron chi connectivity index (χ0n) is 7.39. The Kier molecular flexibility index (Phi) is 3.61. The van der Waals surface area contributed by atoms with Gasteiger partial charge in [0.1, 0.15) is 5.75 Å². The van der Waals surface area contributed by atoms with Crippen LogP contribution in [0.1, 0.15) is 6.92 Å². The minimum Gasteiger partial charge on any atom is -0.380 e. The van der Waals surface area contributed by atoms with Gasteiger partial charge >= 0.3 is 11.4 Å². The van der Waals surface area contributed by atoms with E-state index in [9.17, 15) is 9.00 Å². The van der Waals surface area contributed by atoms with Crippen LogP contribution in [0.2, 0.25) is 0 Å². The smallest absolute Gasteiger partial charge is 0.357 e. The Morgan fingerprint density at radius 3 is 2.86 bits per heavy atom. The molecule has 5 nitrogen and oxygen atoms in total. The van der Waals surface area contributed by atoms with Crippen molar-refractivity contribution in [3.05, 3.63) is 24.3 Å². The second kappa shape index (κ2) is 4.73. The number of rotatable bonds is 3. The molecule has 0 radical (unpaired) electrons. The second-order valence-corrected chi connectivity index (χ2v) is 3.11. The molecule has 0 fully saturated rings. The summed E-state index contributed by atoms with van der Waals surface area (Å²) >= 11 is -2.35. The van der Waals surface area contributed by atoms with Crippen LogP contribution in [0.5, 0.6) is 5.75 Å². The van der Waals surface area contributed by atoms with E-state index in [0.717, 1.165) is 0 Å². The van der Waals surface area contributed by atoms with Crippen molar-refractivity contribution in [2.24, 2.45) is 0 Å². The SMILES string of the molecule is CC(=O)Nc1cccc(OS(=O)O)c1. The van der Waals surface area contributed by atoms with E-state index in [4.69, 9.17) is 4.55 Å². The summed E-state index contributed by atoms with van der Waals surface area (Å²) in [5, 5.41) is 2.52. The zero-order chi connectivity index (χ0) is 10.6. The van der Waals surface area contributed by atoms with Crippen molar-refractivity contribution in [2.45, 2.75) is 6.92 Å². The summed E-state index contributed by atoms with van der Waals surface area (Å²) in [4.78, 5) is 10.7. The number of benzene rings is 1. The molecule has 76 valence electrons. The maximum atomic E-state index is 10.7. The molecular weight excluding hydrogens is 206 g/mol. The fourth-order valence-electron chi connectivity index (χ4n) is 0.911. The van der Waals surface area contributed by atoms with Gasteiger partial charge in [-0.15, -0.1) is 0 Å². The van der Waals surface area contributed by atoms with Gasteiger partial charge in [0.2, 0.25) is 5.91 Å². The Balaban J connectivity index is 2.78. The van der Waals surface area contributed by atoms with Crippen LogP contribution in [0.15, 0.2) is 24.3 Å². The highest BCUT2D eigenvalue weighted by molar-refractivity contribution is 7.74. The van der Waals surface area contributed by atoms with Gasteiger partial charge in [0, 0.05) is 18.7 Å². The van der Waals surface area contributed by atoms with Gasteiger partial charge in [-0.25, -0.2) is 0 Å². The van der Waals surface area contributed by atoms with Gasteiger partial charge in [-0.05, 0) is 12.1 Å². The first-order valence-corrected chi connectivity index (χ1v) is 4.78. The molecule has 0 heterocycles. The van der Waals surface area contributed by atoms with E-state index in [1.54, 1.807) is 12.1 Å². The van der Waals surface area contributed by atoms with Crippen molar-refractivity contribution < 1.29 is 17.7 Å². The number of nitrogens with one attached hydrogen (secondary N) is 1. The molecule has 0 saturated heterocycles. The van der Waals surface area contributed by atoms with E-state index in [-0.39, 0.29) is 11.7 Å². The maximum Gasteiger partial charge on any atom is 0.357 e. The topological polar surface area (TPSA) is 75.6 Å². The summed E-state index contributed by atoms with van der Waals surface area (Å²) in [6.45, 7) is 1.37. The van der Waals surface area contributed by atoms with Gasteiger partial charge in [0.05, 0.1) is 0 Å². The molecule has 1 aromatic rings. The zero-order valence-corrected chi connectivity index (χ0v) is 8.21. The molecule has 2 N–H and O–H groups in total. The van der Waals surface area contributed by atoms with Gasteiger partial charge in [-0.3, -0.25) is 9.35 Å². The van der Waals surface area contributed by atoms with E-state index in [0.29, 0.717) is 5.69 Å². The number of carbonyl (C=O) groups excluding carboxylic acids is 1. The van der Waals surface area contributed by atoms with Gasteiger partial charge in [-0.1, -0.05) is 6.07 Å². The highest BCUT2D eigenvalue weighted by atomic mass is 32.2. The number of hydrogen-bond donors (Lipinski definition) is 2. The number of amides is 1. The number of anilines is 1. The number of carbonyl (C=O) groups is 1. The van der Waals surface area contributed by atoms with E-state index in [2.05, 4.69) is 9.50 Å². The quantitative estimate of drug-likeness (QED) is 0.742. The minimum atomic E-state index is -2.35. The van der Waals surface area contributed by atoms with Crippen molar-refractivity contribution in [1.82, 2.24) is 0 Å². The van der Waals surface area contributed by atoms with Crippen LogP contribution in [-0.2, 0) is 16.2 Å². The van der Waals surface area contributed by atoms with Gasteiger partial charge in [0.25, 0.3) is 0 Å². The van der Waals surface area contributed by atoms with Crippen LogP contribution in [0.4, 0.5) is 5.69 Å². The highest BCUT2D eigenvalue weighted by Gasteiger charge is 2.00. The fraction of sp³-hybridized carbons (Fsp3) is 0.125. The lowest BCUT2D eigenvalue weighted by Gasteiger charge is -2.03. The monoisotopic (exact) mass is 215 g/mol. The molecule has 0 aliphatic heterocycles. The van der Waals surface area contributed by atoms with Crippen LogP contribution >= 0.6 is 0 Å². The second-order valence-electron chi connectivity index (χ2n) is 2.51. The summed E-state index contributed by atoms with van der Waals surface area (Å²) in [5.74, 6) is 0.00403. The summed E-state index contributed by atoms with van der Waals surface area (Å²) in [7, 11) is 0. The Labute approximate surface area is 83.6 Å². The standard InChI is InChI=1S/C8H9NO4S/c1-6(10)9-7-3-2-4-8(5-7)13-14(11)12/h2-5H,1H3,(H,9,10)(H,11,12). The molecule has 1 amide bonds. The highest BCUT2D eigenvalue weighted by Crippen LogP contribution is 2.17. The molecule has 0 saturated carbocycles. The van der Waals surface area contributed by atoms with Crippen LogP contribution in [0.3, 0.4) is 0 Å². The molecule has 1 rings (SSSR count). The Hall–Kier alpha value is -1.40. The van der Waals surface area contributed by atoms with E-state index in [1.165, 1.54) is 19.1 Å². The molecule has 1 unspecified atom stereocenters. The Bertz CT molecular complexity index is 335. The van der Waals surface area contributed by atoms with Crippen molar-refractivity contribution in [3.8, 4) is 5.75 Å². The van der Waals surface area contributed by atoms with Crippen molar-refractivity contribution in [2.75, 3.05) is 5.32 Å². The van der Waals surface area contributed by atoms with E-state index >= 15 is 0 Å². The molecule has 0 spiro atoms. The van der Waals surface area contributed by atoms with Crippen LogP contribution < -0.4 is 9.50 Å². The summed E-state index contributed by atoms with van der Waals surface area (Å²) in [6.07, 6.45) is 0. The molecule has 14 heavy (non-hydrogen) atoms. The molecule has 0 aliphatic rings. The lowest BCUT2D eigenvalue weighted by atomic mass is 10.3. The lowest BCUT2D eigenvalue weighted by Crippen LogP contribution is -2.06. The predicted octanol–water partition coefficient (Wildman–Crippen LogP) is 1.16. The third kappa shape index (κ3) is 3.55. The molecule has 6 heteroatoms. The summed E-state index contributed by atoms with van der Waals surface area (Å²) in [6, 6.07) is 6.22. The lowest BCUT2D eigenvalue weighted by molar-refractivity contribution is -0.114. The van der Waals surface area contributed by atoms with Gasteiger partial charge in [-0.2, -0.15) is 4.21 Å². The molecule has 0 bridgehead atoms. The third-order valence-electron chi connectivity index (χ3n) is 1.32. The first-order valence-electron chi connectivity index (χ1n) is 3.75. The average Bonchev–Trinajstić information content (AvgIpc) is 2.01. The van der Waals surface area contributed by atoms with Crippen molar-refractivity contribution in [1.29, 1.82) is 0 Å². The Morgan fingerprint density at radius 1 is 1.57 bits per heavy atom. The predicted molar refractivity (Wildman–Crippen MR) is 52.1 cm³/mol. The largest absolute Gasteiger partial charge is 0.380 e. The minimum absolute atomic E-state index is 0.215. The maximum absolute atomic E-state index is 10.7. The average molecular weight is 215 g/mol. The van der Waals surface area contributed by atoms with Crippen LogP contribution in [-0.4, -0.2) is 14.7 Å². The fourth-order valence-corrected chi connectivity index (χ4v) is 1.18. The van der Waals surface area contributed by atoms with Gasteiger partial charge < -0.3 is 9.50 Å². The molecule has 1 aromatic carbocycles. The van der Waals surface area contributed by atoms with Crippen molar-refractivity contribution >= 4 is 23.0 Å². The molecule has 0 aliphatic carbocycles. The Morgan fingerprint density at radius 2 is 2.29 bits per heavy atom. The summed E-state index contributed by atoms with van der Waals surface area (Å²) < 4.78 is 23.3. The molecular formula is C8H9NO4S. The molecule has 1 atom stereocenters. The first kappa shape index (κ1) is 10.7. The number of hydrogen-bond acceptors (Lipinski definition) is 3. The van der Waals surface area contributed by atoms with Crippen LogP contribution in [0.25, 0.3) is 0 Å². The third-order valence-corrected chi connectivity index (χ3v) is 1.66.